The number of hydrogen-bond donors (Lipinski definition) is 0. The molecule has 0 N–H and O–H groups in total. The van der Waals surface area contributed by atoms with Gasteiger partial charge in [0.2, 0.25) is 0 Å². The van der Waals surface area contributed by atoms with Gasteiger partial charge in [-0.15, -0.1) is 0 Å². The fraction of sp³-hybridized carbons (Fsp3) is 0.435. The molecule has 1 saturated heterocycles. The number of likely N-dealkylation sites (tertiary alicyclic amines) is 1. The van der Waals surface area contributed by atoms with Crippen molar-refractivity contribution in [2.45, 2.75) is 44.9 Å². The van der Waals surface area contributed by atoms with Gasteiger partial charge in [-0.1, -0.05) is 13.0 Å². The van der Waals surface area contributed by atoms with Crippen molar-refractivity contribution in [1.29, 1.82) is 0 Å². The Morgan fingerprint density at radius 1 is 1.24 bits per heavy atom. The van der Waals surface area contributed by atoms with Gasteiger partial charge in [0.25, 0.3) is 5.91 Å². The first-order valence-electron chi connectivity index (χ1n) is 10.7. The molecule has 10 heteroatoms. The van der Waals surface area contributed by atoms with Crippen LogP contribution >= 0.6 is 0 Å². The molecule has 2 atom stereocenters. The highest BCUT2D eigenvalue weighted by molar-refractivity contribution is 5.81. The summed E-state index contributed by atoms with van der Waals surface area (Å²) in [7, 11) is 1.56. The Hall–Kier alpha value is -3.30. The lowest BCUT2D eigenvalue weighted by atomic mass is 10.1. The predicted molar refractivity (Wildman–Crippen MR) is 114 cm³/mol. The van der Waals surface area contributed by atoms with E-state index in [2.05, 4.69) is 10.1 Å². The molecule has 3 heterocycles. The molecule has 4 rings (SSSR count). The van der Waals surface area contributed by atoms with Gasteiger partial charge >= 0.3 is 6.18 Å². The van der Waals surface area contributed by atoms with E-state index in [1.807, 2.05) is 6.92 Å². The van der Waals surface area contributed by atoms with E-state index in [0.717, 1.165) is 10.6 Å². The molecule has 1 aromatic carbocycles. The third kappa shape index (κ3) is 4.74. The number of carbonyl (C=O) groups excluding carboxylic acids is 1. The molecule has 0 aliphatic carbocycles. The number of aromatic nitrogens is 3. The van der Waals surface area contributed by atoms with Crippen LogP contribution < -0.4 is 9.47 Å². The first-order chi connectivity index (χ1) is 15.7. The monoisotopic (exact) mass is 462 g/mol. The molecular formula is C23H25F3N4O3. The topological polar surface area (TPSA) is 69.0 Å². The normalized spacial score (nSPS) is 17.4. The third-order valence-electron chi connectivity index (χ3n) is 5.75. The second-order valence-electron chi connectivity index (χ2n) is 8.08. The van der Waals surface area contributed by atoms with Crippen LogP contribution in [0.15, 0.2) is 36.4 Å². The lowest BCUT2D eigenvalue weighted by molar-refractivity contribution is -0.142. The molecule has 0 saturated carbocycles. The lowest BCUT2D eigenvalue weighted by Crippen LogP contribution is -2.40. The predicted octanol–water partition coefficient (Wildman–Crippen LogP) is 4.24. The van der Waals surface area contributed by atoms with Crippen LogP contribution in [-0.4, -0.2) is 51.7 Å². The molecule has 0 radical (unpaired) electrons. The average Bonchev–Trinajstić information content (AvgIpc) is 3.43. The van der Waals surface area contributed by atoms with Crippen molar-refractivity contribution < 1.29 is 27.4 Å². The van der Waals surface area contributed by atoms with Crippen molar-refractivity contribution in [1.82, 2.24) is 19.5 Å². The van der Waals surface area contributed by atoms with Gasteiger partial charge in [0.05, 0.1) is 12.8 Å². The van der Waals surface area contributed by atoms with E-state index in [1.165, 1.54) is 6.92 Å². The fourth-order valence-electron chi connectivity index (χ4n) is 4.07. The quantitative estimate of drug-likeness (QED) is 0.548. The Bertz CT molecular complexity index is 1160. The summed E-state index contributed by atoms with van der Waals surface area (Å²) in [4.78, 5) is 19.0. The standard InChI is InChI=1S/C23H25F3N4O3/c1-4-19(33-17-7-5-6-16(11-17)32-3)22(31)29-9-8-15(13-29)18-12-21-27-14(2)10-20(23(24,25)26)30(21)28-18/h5-7,10-12,15,19H,4,8-9,13H2,1-3H3. The maximum Gasteiger partial charge on any atom is 0.433 e. The molecule has 2 aromatic heterocycles. The number of methoxy groups -OCH3 is 1. The zero-order chi connectivity index (χ0) is 23.8. The second-order valence-corrected chi connectivity index (χ2v) is 8.08. The summed E-state index contributed by atoms with van der Waals surface area (Å²) in [5.74, 6) is 0.833. The second kappa shape index (κ2) is 8.92. The maximum absolute atomic E-state index is 13.4. The van der Waals surface area contributed by atoms with Crippen LogP contribution in [0.4, 0.5) is 13.2 Å². The number of hydrogen-bond acceptors (Lipinski definition) is 5. The number of carbonyl (C=O) groups is 1. The number of rotatable bonds is 6. The minimum absolute atomic E-state index is 0.148. The van der Waals surface area contributed by atoms with Crippen molar-refractivity contribution in [3.63, 3.8) is 0 Å². The zero-order valence-corrected chi connectivity index (χ0v) is 18.6. The van der Waals surface area contributed by atoms with Crippen LogP contribution in [0.5, 0.6) is 11.5 Å². The van der Waals surface area contributed by atoms with E-state index >= 15 is 0 Å². The van der Waals surface area contributed by atoms with E-state index in [-0.39, 0.29) is 23.2 Å². The number of nitrogens with zero attached hydrogens (tertiary/aromatic N) is 4. The molecular weight excluding hydrogens is 437 g/mol. The Balaban J connectivity index is 1.50. The largest absolute Gasteiger partial charge is 0.497 e. The summed E-state index contributed by atoms with van der Waals surface area (Å²) >= 11 is 0. The minimum Gasteiger partial charge on any atom is -0.497 e. The highest BCUT2D eigenvalue weighted by Gasteiger charge is 2.37. The van der Waals surface area contributed by atoms with E-state index in [4.69, 9.17) is 9.47 Å². The molecule has 33 heavy (non-hydrogen) atoms. The maximum atomic E-state index is 13.4. The van der Waals surface area contributed by atoms with E-state index in [0.29, 0.717) is 43.1 Å². The van der Waals surface area contributed by atoms with E-state index in [9.17, 15) is 18.0 Å². The summed E-state index contributed by atoms with van der Waals surface area (Å²) in [5.41, 5.74) is 0.0513. The number of ether oxygens (including phenoxy) is 2. The molecule has 3 aromatic rings. The van der Waals surface area contributed by atoms with Crippen molar-refractivity contribution in [2.75, 3.05) is 20.2 Å². The summed E-state index contributed by atoms with van der Waals surface area (Å²) in [5, 5.41) is 4.20. The third-order valence-corrected chi connectivity index (χ3v) is 5.75. The zero-order valence-electron chi connectivity index (χ0n) is 18.6. The molecule has 7 nitrogen and oxygen atoms in total. The first kappa shape index (κ1) is 22.9. The minimum atomic E-state index is -4.54. The van der Waals surface area contributed by atoms with Crippen LogP contribution in [0, 0.1) is 6.92 Å². The highest BCUT2D eigenvalue weighted by atomic mass is 19.4. The van der Waals surface area contributed by atoms with Crippen molar-refractivity contribution >= 4 is 11.6 Å². The van der Waals surface area contributed by atoms with Gasteiger partial charge in [0, 0.05) is 36.8 Å². The molecule has 1 amide bonds. The van der Waals surface area contributed by atoms with Crippen LogP contribution in [0.25, 0.3) is 5.65 Å². The highest BCUT2D eigenvalue weighted by Crippen LogP contribution is 2.32. The van der Waals surface area contributed by atoms with Gasteiger partial charge in [-0.25, -0.2) is 9.50 Å². The number of fused-ring (bicyclic) bond motifs is 1. The molecule has 0 bridgehead atoms. The number of amides is 1. The van der Waals surface area contributed by atoms with Crippen LogP contribution in [-0.2, 0) is 11.0 Å². The van der Waals surface area contributed by atoms with Crippen molar-refractivity contribution in [3.8, 4) is 11.5 Å². The van der Waals surface area contributed by atoms with Gasteiger partial charge in [-0.05, 0) is 38.0 Å². The number of aryl methyl sites for hydroxylation is 1. The van der Waals surface area contributed by atoms with Gasteiger partial charge in [-0.3, -0.25) is 4.79 Å². The van der Waals surface area contributed by atoms with E-state index < -0.39 is 18.0 Å². The molecule has 0 spiro atoms. The van der Waals surface area contributed by atoms with Crippen LogP contribution in [0.2, 0.25) is 0 Å². The Morgan fingerprint density at radius 3 is 2.70 bits per heavy atom. The summed E-state index contributed by atoms with van der Waals surface area (Å²) in [6.45, 7) is 4.23. The number of benzene rings is 1. The van der Waals surface area contributed by atoms with Gasteiger partial charge < -0.3 is 14.4 Å². The van der Waals surface area contributed by atoms with Crippen molar-refractivity contribution in [3.05, 3.63) is 53.5 Å². The molecule has 176 valence electrons. The molecule has 2 unspecified atom stereocenters. The summed E-state index contributed by atoms with van der Waals surface area (Å²) in [6, 6.07) is 9.60. The number of halogens is 3. The summed E-state index contributed by atoms with van der Waals surface area (Å²) in [6.07, 6.45) is -4.13. The van der Waals surface area contributed by atoms with Crippen molar-refractivity contribution in [2.24, 2.45) is 0 Å². The van der Waals surface area contributed by atoms with Gasteiger partial charge in [-0.2, -0.15) is 18.3 Å². The van der Waals surface area contributed by atoms with Crippen LogP contribution in [0.1, 0.15) is 42.8 Å². The Labute approximate surface area is 189 Å². The SMILES string of the molecule is CCC(Oc1cccc(OC)c1)C(=O)N1CCC(c2cc3nc(C)cc(C(F)(F)F)n3n2)C1. The van der Waals surface area contributed by atoms with Crippen LogP contribution in [0.3, 0.4) is 0 Å². The number of alkyl halides is 3. The molecule has 1 aliphatic rings. The Kier molecular flexibility index (Phi) is 6.18. The van der Waals surface area contributed by atoms with Gasteiger partial charge in [0.15, 0.2) is 11.8 Å². The van der Waals surface area contributed by atoms with E-state index in [1.54, 1.807) is 42.3 Å². The fourth-order valence-corrected chi connectivity index (χ4v) is 4.07. The smallest absolute Gasteiger partial charge is 0.433 e. The Morgan fingerprint density at radius 2 is 2.00 bits per heavy atom. The molecule has 1 fully saturated rings. The first-order valence-corrected chi connectivity index (χ1v) is 10.7. The summed E-state index contributed by atoms with van der Waals surface area (Å²) < 4.78 is 52.3. The van der Waals surface area contributed by atoms with Gasteiger partial charge in [0.1, 0.15) is 17.2 Å². The average molecular weight is 462 g/mol. The molecule has 1 aliphatic heterocycles. The lowest BCUT2D eigenvalue weighted by Gasteiger charge is -2.23.